The summed E-state index contributed by atoms with van der Waals surface area (Å²) in [6, 6.07) is 0. The lowest BCUT2D eigenvalue weighted by atomic mass is 10.0. The van der Waals surface area contributed by atoms with E-state index in [-0.39, 0.29) is 11.2 Å². The molecule has 0 spiro atoms. The largest absolute Gasteiger partial charge is 0.348 e. The Hall–Kier alpha value is -1.76. The molecule has 0 amide bonds. The van der Waals surface area contributed by atoms with Gasteiger partial charge >= 0.3 is 5.69 Å². The highest BCUT2D eigenvalue weighted by Gasteiger charge is 2.28. The maximum atomic E-state index is 10.4. The zero-order valence-corrected chi connectivity index (χ0v) is 8.93. The van der Waals surface area contributed by atoms with Crippen molar-refractivity contribution >= 4 is 11.6 Å². The highest BCUT2D eigenvalue weighted by Crippen LogP contribution is 2.19. The van der Waals surface area contributed by atoms with Gasteiger partial charge in [-0.1, -0.05) is 0 Å². The van der Waals surface area contributed by atoms with Gasteiger partial charge in [-0.15, -0.1) is 0 Å². The first-order valence-corrected chi connectivity index (χ1v) is 5.04. The Bertz CT molecular complexity index is 385. The average molecular weight is 223 g/mol. The Labute approximate surface area is 92.4 Å². The smallest absolute Gasteiger partial charge is 0.305 e. The van der Waals surface area contributed by atoms with Gasteiger partial charge in [-0.05, 0) is 19.9 Å². The van der Waals surface area contributed by atoms with Gasteiger partial charge < -0.3 is 10.6 Å². The molecule has 0 aliphatic carbocycles. The summed E-state index contributed by atoms with van der Waals surface area (Å²) >= 11 is 0. The summed E-state index contributed by atoms with van der Waals surface area (Å²) in [6.07, 6.45) is 3.40. The quantitative estimate of drug-likeness (QED) is 0.574. The van der Waals surface area contributed by atoms with Crippen LogP contribution in [0, 0.1) is 10.1 Å². The van der Waals surface area contributed by atoms with E-state index in [0.29, 0.717) is 5.95 Å². The minimum absolute atomic E-state index is 0.0733. The minimum Gasteiger partial charge on any atom is -0.348 e. The first-order valence-electron chi connectivity index (χ1n) is 5.04. The number of hydrogen-bond acceptors (Lipinski definition) is 6. The van der Waals surface area contributed by atoms with Gasteiger partial charge in [0.05, 0.1) is 10.5 Å². The summed E-state index contributed by atoms with van der Waals surface area (Å²) in [5.74, 6) is 0.428. The maximum absolute atomic E-state index is 10.4. The minimum atomic E-state index is -0.511. The van der Waals surface area contributed by atoms with Gasteiger partial charge in [-0.25, -0.2) is 9.97 Å². The highest BCUT2D eigenvalue weighted by atomic mass is 16.6. The van der Waals surface area contributed by atoms with Crippen LogP contribution in [0.25, 0.3) is 0 Å². The Kier molecular flexibility index (Phi) is 2.69. The van der Waals surface area contributed by atoms with Gasteiger partial charge in [0.2, 0.25) is 5.95 Å². The number of aromatic nitrogens is 2. The van der Waals surface area contributed by atoms with E-state index in [9.17, 15) is 10.1 Å². The van der Waals surface area contributed by atoms with E-state index in [0.717, 1.165) is 19.5 Å². The van der Waals surface area contributed by atoms with Crippen molar-refractivity contribution in [1.29, 1.82) is 0 Å². The lowest BCUT2D eigenvalue weighted by molar-refractivity contribution is -0.385. The molecule has 1 aromatic heterocycles. The SMILES string of the molecule is CC1(Nc2ncc([N+](=O)[O-])cn2)CCNC1. The molecular weight excluding hydrogens is 210 g/mol. The number of rotatable bonds is 3. The summed E-state index contributed by atoms with van der Waals surface area (Å²) in [4.78, 5) is 17.7. The van der Waals surface area contributed by atoms with Gasteiger partial charge in [-0.3, -0.25) is 10.1 Å². The van der Waals surface area contributed by atoms with E-state index in [4.69, 9.17) is 0 Å². The monoisotopic (exact) mass is 223 g/mol. The number of hydrogen-bond donors (Lipinski definition) is 2. The molecule has 0 saturated carbocycles. The van der Waals surface area contributed by atoms with Crippen LogP contribution < -0.4 is 10.6 Å². The first-order chi connectivity index (χ1) is 7.59. The third-order valence-electron chi connectivity index (χ3n) is 2.63. The Balaban J connectivity index is 2.07. The summed E-state index contributed by atoms with van der Waals surface area (Å²) in [7, 11) is 0. The molecule has 1 saturated heterocycles. The molecule has 2 heterocycles. The third-order valence-corrected chi connectivity index (χ3v) is 2.63. The molecule has 2 rings (SSSR count). The summed E-state index contributed by atoms with van der Waals surface area (Å²) < 4.78 is 0. The number of nitrogens with zero attached hydrogens (tertiary/aromatic N) is 3. The van der Waals surface area contributed by atoms with Crippen LogP contribution in [-0.2, 0) is 0 Å². The molecule has 1 aromatic rings. The zero-order valence-electron chi connectivity index (χ0n) is 8.93. The lowest BCUT2D eigenvalue weighted by Gasteiger charge is -2.23. The lowest BCUT2D eigenvalue weighted by Crippen LogP contribution is -2.37. The topological polar surface area (TPSA) is 93.0 Å². The highest BCUT2D eigenvalue weighted by molar-refractivity contribution is 5.33. The summed E-state index contributed by atoms with van der Waals surface area (Å²) in [5, 5.41) is 16.8. The molecule has 0 aromatic carbocycles. The summed E-state index contributed by atoms with van der Waals surface area (Å²) in [6.45, 7) is 3.86. The van der Waals surface area contributed by atoms with Crippen molar-refractivity contribution in [3.63, 3.8) is 0 Å². The van der Waals surface area contributed by atoms with Gasteiger partial charge in [0, 0.05) is 6.54 Å². The molecule has 1 aliphatic heterocycles. The molecular formula is C9H13N5O2. The molecule has 0 radical (unpaired) electrons. The Morgan fingerprint density at radius 2 is 2.25 bits per heavy atom. The van der Waals surface area contributed by atoms with Crippen LogP contribution in [0.1, 0.15) is 13.3 Å². The molecule has 1 fully saturated rings. The standard InChI is InChI=1S/C9H13N5O2/c1-9(2-3-10-6-9)13-8-11-4-7(5-12-8)14(15)16/h4-5,10H,2-3,6H2,1H3,(H,11,12,13). The second-order valence-electron chi connectivity index (χ2n) is 4.13. The van der Waals surface area contributed by atoms with Crippen molar-refractivity contribution in [1.82, 2.24) is 15.3 Å². The third kappa shape index (κ3) is 2.25. The van der Waals surface area contributed by atoms with E-state index >= 15 is 0 Å². The second kappa shape index (κ2) is 4.01. The van der Waals surface area contributed by atoms with Crippen molar-refractivity contribution in [2.75, 3.05) is 18.4 Å². The van der Waals surface area contributed by atoms with Gasteiger partial charge in [0.15, 0.2) is 0 Å². The van der Waals surface area contributed by atoms with Crippen molar-refractivity contribution in [3.05, 3.63) is 22.5 Å². The molecule has 7 heteroatoms. The zero-order chi connectivity index (χ0) is 11.6. The predicted octanol–water partition coefficient (Wildman–Crippen LogP) is 0.549. The van der Waals surface area contributed by atoms with Crippen molar-refractivity contribution in [2.45, 2.75) is 18.9 Å². The molecule has 0 bridgehead atoms. The second-order valence-corrected chi connectivity index (χ2v) is 4.13. The average Bonchev–Trinajstić information content (AvgIpc) is 2.65. The molecule has 7 nitrogen and oxygen atoms in total. The van der Waals surface area contributed by atoms with Crippen LogP contribution >= 0.6 is 0 Å². The molecule has 2 N–H and O–H groups in total. The fourth-order valence-electron chi connectivity index (χ4n) is 1.67. The normalized spacial score (nSPS) is 24.3. The van der Waals surface area contributed by atoms with Crippen LogP contribution in [0.3, 0.4) is 0 Å². The fraction of sp³-hybridized carbons (Fsp3) is 0.556. The number of nitro groups is 1. The fourth-order valence-corrected chi connectivity index (χ4v) is 1.67. The van der Waals surface area contributed by atoms with Crippen LogP contribution in [0.4, 0.5) is 11.6 Å². The molecule has 1 unspecified atom stereocenters. The van der Waals surface area contributed by atoms with Crippen LogP contribution in [-0.4, -0.2) is 33.5 Å². The van der Waals surface area contributed by atoms with Crippen molar-refractivity contribution < 1.29 is 4.92 Å². The molecule has 1 aliphatic rings. The maximum Gasteiger partial charge on any atom is 0.305 e. The Morgan fingerprint density at radius 1 is 1.56 bits per heavy atom. The van der Waals surface area contributed by atoms with Gasteiger partial charge in [0.1, 0.15) is 12.4 Å². The molecule has 86 valence electrons. The van der Waals surface area contributed by atoms with Gasteiger partial charge in [-0.2, -0.15) is 0 Å². The van der Waals surface area contributed by atoms with Crippen LogP contribution in [0.5, 0.6) is 0 Å². The van der Waals surface area contributed by atoms with E-state index in [2.05, 4.69) is 27.5 Å². The molecule has 1 atom stereocenters. The van der Waals surface area contributed by atoms with Crippen LogP contribution in [0.2, 0.25) is 0 Å². The number of anilines is 1. The van der Waals surface area contributed by atoms with E-state index in [1.165, 1.54) is 12.4 Å². The van der Waals surface area contributed by atoms with Crippen LogP contribution in [0.15, 0.2) is 12.4 Å². The van der Waals surface area contributed by atoms with E-state index < -0.39 is 4.92 Å². The Morgan fingerprint density at radius 3 is 2.75 bits per heavy atom. The van der Waals surface area contributed by atoms with E-state index in [1.807, 2.05) is 0 Å². The first kappa shape index (κ1) is 10.7. The van der Waals surface area contributed by atoms with Crippen molar-refractivity contribution in [3.8, 4) is 0 Å². The number of nitrogens with one attached hydrogen (secondary N) is 2. The van der Waals surface area contributed by atoms with Gasteiger partial charge in [0.25, 0.3) is 0 Å². The predicted molar refractivity (Wildman–Crippen MR) is 58.2 cm³/mol. The van der Waals surface area contributed by atoms with E-state index in [1.54, 1.807) is 0 Å². The van der Waals surface area contributed by atoms with Crippen molar-refractivity contribution in [2.24, 2.45) is 0 Å². The summed E-state index contributed by atoms with van der Waals surface area (Å²) in [5.41, 5.74) is -0.170. The molecule has 16 heavy (non-hydrogen) atoms.